The van der Waals surface area contributed by atoms with Crippen LogP contribution in [0.25, 0.3) is 0 Å². The molecule has 334 valence electrons. The Hall–Kier alpha value is -0.990. The number of phosphoric ester groups is 1. The number of carbonyl (C=O) groups is 2. The van der Waals surface area contributed by atoms with Crippen molar-refractivity contribution >= 4 is 19.8 Å². The third-order valence-electron chi connectivity index (χ3n) is 10.6. The summed E-state index contributed by atoms with van der Waals surface area (Å²) in [6.45, 7) is 6.32. The van der Waals surface area contributed by atoms with Crippen LogP contribution in [0.2, 0.25) is 0 Å². The molecular formula is C46H93NO8P+. The van der Waals surface area contributed by atoms with E-state index in [0.717, 1.165) is 32.1 Å². The molecule has 0 rings (SSSR count). The first-order valence-electron chi connectivity index (χ1n) is 23.7. The molecule has 0 bridgehead atoms. The molecule has 0 amide bonds. The van der Waals surface area contributed by atoms with E-state index in [1.807, 2.05) is 28.1 Å². The summed E-state index contributed by atoms with van der Waals surface area (Å²) in [5, 5.41) is 0. The lowest BCUT2D eigenvalue weighted by atomic mass is 10.0. The van der Waals surface area contributed by atoms with Gasteiger partial charge in [-0.1, -0.05) is 201 Å². The molecule has 0 aliphatic rings. The number of esters is 2. The molecule has 0 aliphatic carbocycles. The molecule has 0 aromatic rings. The molecule has 0 spiro atoms. The first-order chi connectivity index (χ1) is 26.9. The molecule has 0 aromatic carbocycles. The van der Waals surface area contributed by atoms with E-state index in [-0.39, 0.29) is 19.0 Å². The fourth-order valence-corrected chi connectivity index (χ4v) is 8.15. The van der Waals surface area contributed by atoms with Crippen LogP contribution in [0.4, 0.5) is 0 Å². The third kappa shape index (κ3) is 39.8. The van der Waals surface area contributed by atoms with Gasteiger partial charge in [0.25, 0.3) is 0 Å². The highest BCUT2D eigenvalue weighted by molar-refractivity contribution is 7.47. The van der Waals surface area contributed by atoms with E-state index in [4.69, 9.17) is 18.5 Å². The van der Waals surface area contributed by atoms with E-state index in [2.05, 4.69) is 13.8 Å². The molecule has 0 fully saturated rings. The second-order valence-corrected chi connectivity index (χ2v) is 19.0. The molecule has 0 aliphatic heterocycles. The van der Waals surface area contributed by atoms with Gasteiger partial charge in [0.2, 0.25) is 0 Å². The van der Waals surface area contributed by atoms with E-state index < -0.39 is 32.6 Å². The maximum atomic E-state index is 12.9. The zero-order valence-corrected chi connectivity index (χ0v) is 38.7. The van der Waals surface area contributed by atoms with E-state index in [9.17, 15) is 19.0 Å². The van der Waals surface area contributed by atoms with Gasteiger partial charge in [-0.15, -0.1) is 0 Å². The number of carbonyl (C=O) groups excluding carboxylic acids is 2. The average molecular weight is 819 g/mol. The zero-order valence-electron chi connectivity index (χ0n) is 37.8. The second-order valence-electron chi connectivity index (χ2n) is 17.6. The minimum absolute atomic E-state index is 0.224. The van der Waals surface area contributed by atoms with Crippen molar-refractivity contribution < 1.29 is 42.1 Å². The normalized spacial score (nSPS) is 14.1. The zero-order chi connectivity index (χ0) is 41.6. The Morgan fingerprint density at radius 1 is 0.500 bits per heavy atom. The SMILES string of the molecule is CCCCCCCCCCCCCCCCCC(=O)OC[C@H](COP(=O)(O)OC(CC)C[N+](C)(C)C)OC(=O)CCCCCCCCCCCCCCCCC. The number of unbranched alkanes of at least 4 members (excludes halogenated alkanes) is 28. The van der Waals surface area contributed by atoms with Gasteiger partial charge in [-0.05, 0) is 19.3 Å². The summed E-state index contributed by atoms with van der Waals surface area (Å²) < 4.78 is 35.3. The topological polar surface area (TPSA) is 108 Å². The van der Waals surface area contributed by atoms with Crippen LogP contribution in [-0.4, -0.2) is 74.4 Å². The Morgan fingerprint density at radius 3 is 1.18 bits per heavy atom. The summed E-state index contributed by atoms with van der Waals surface area (Å²) in [5.74, 6) is -0.780. The van der Waals surface area contributed by atoms with Crippen molar-refractivity contribution in [3.8, 4) is 0 Å². The fourth-order valence-electron chi connectivity index (χ4n) is 7.14. The van der Waals surface area contributed by atoms with Crippen LogP contribution in [0.5, 0.6) is 0 Å². The van der Waals surface area contributed by atoms with Crippen LogP contribution in [0.1, 0.15) is 233 Å². The van der Waals surface area contributed by atoms with Gasteiger partial charge in [-0.3, -0.25) is 18.6 Å². The van der Waals surface area contributed by atoms with Crippen molar-refractivity contribution in [2.24, 2.45) is 0 Å². The molecule has 0 saturated carbocycles. The van der Waals surface area contributed by atoms with Gasteiger partial charge >= 0.3 is 19.8 Å². The maximum Gasteiger partial charge on any atom is 0.472 e. The molecule has 9 nitrogen and oxygen atoms in total. The summed E-state index contributed by atoms with van der Waals surface area (Å²) in [4.78, 5) is 35.8. The predicted molar refractivity (Wildman–Crippen MR) is 234 cm³/mol. The Balaban J connectivity index is 4.46. The number of hydrogen-bond donors (Lipinski definition) is 1. The smallest absolute Gasteiger partial charge is 0.462 e. The maximum absolute atomic E-state index is 12.9. The van der Waals surface area contributed by atoms with Crippen LogP contribution in [-0.2, 0) is 32.7 Å². The average Bonchev–Trinajstić information content (AvgIpc) is 3.14. The minimum atomic E-state index is -4.44. The van der Waals surface area contributed by atoms with E-state index in [1.165, 1.54) is 154 Å². The lowest BCUT2D eigenvalue weighted by Crippen LogP contribution is -2.42. The molecular weight excluding hydrogens is 725 g/mol. The highest BCUT2D eigenvalue weighted by atomic mass is 31.2. The number of hydrogen-bond acceptors (Lipinski definition) is 7. The third-order valence-corrected chi connectivity index (χ3v) is 11.6. The number of quaternary nitrogens is 1. The molecule has 1 N–H and O–H groups in total. The van der Waals surface area contributed by atoms with Crippen LogP contribution in [0.3, 0.4) is 0 Å². The Labute approximate surface area is 346 Å². The molecule has 10 heteroatoms. The van der Waals surface area contributed by atoms with Crippen LogP contribution in [0.15, 0.2) is 0 Å². The molecule has 0 aromatic heterocycles. The Kier molecular flexibility index (Phi) is 37.6. The number of likely N-dealkylation sites (N-methyl/N-ethyl adjacent to an activating group) is 1. The highest BCUT2D eigenvalue weighted by Gasteiger charge is 2.31. The van der Waals surface area contributed by atoms with Gasteiger partial charge in [-0.2, -0.15) is 0 Å². The van der Waals surface area contributed by atoms with Gasteiger partial charge in [-0.25, -0.2) is 4.57 Å². The lowest BCUT2D eigenvalue weighted by molar-refractivity contribution is -0.873. The van der Waals surface area contributed by atoms with Crippen molar-refractivity contribution in [1.82, 2.24) is 0 Å². The van der Waals surface area contributed by atoms with Crippen molar-refractivity contribution in [2.45, 2.75) is 245 Å². The lowest BCUT2D eigenvalue weighted by Gasteiger charge is -2.29. The first kappa shape index (κ1) is 55.0. The molecule has 2 unspecified atom stereocenters. The van der Waals surface area contributed by atoms with E-state index in [1.54, 1.807) is 0 Å². The number of nitrogens with zero attached hydrogens (tertiary/aromatic N) is 1. The fraction of sp³-hybridized carbons (Fsp3) is 0.957. The number of ether oxygens (including phenoxy) is 2. The van der Waals surface area contributed by atoms with E-state index >= 15 is 0 Å². The largest absolute Gasteiger partial charge is 0.472 e. The quantitative estimate of drug-likeness (QED) is 0.0280. The Morgan fingerprint density at radius 2 is 0.839 bits per heavy atom. The minimum Gasteiger partial charge on any atom is -0.462 e. The monoisotopic (exact) mass is 819 g/mol. The summed E-state index contributed by atoms with van der Waals surface area (Å²) in [7, 11) is 1.51. The molecule has 3 atom stereocenters. The standard InChI is InChI=1S/C46H92NO8P/c1-7-10-12-14-16-18-20-22-24-26-28-30-32-34-36-38-45(48)52-41-44(42-53-56(50,51)55-43(9-3)40-47(4,5)6)54-46(49)39-37-35-33-31-29-27-25-23-21-19-17-15-13-11-8-2/h43-44H,7-42H2,1-6H3/p+1/t43?,44-/m1/s1. The molecule has 56 heavy (non-hydrogen) atoms. The van der Waals surface area contributed by atoms with Crippen LogP contribution in [0, 0.1) is 0 Å². The van der Waals surface area contributed by atoms with Crippen molar-refractivity contribution in [3.05, 3.63) is 0 Å². The highest BCUT2D eigenvalue weighted by Crippen LogP contribution is 2.45. The van der Waals surface area contributed by atoms with Gasteiger partial charge in [0.05, 0.1) is 27.7 Å². The predicted octanol–water partition coefficient (Wildman–Crippen LogP) is 13.6. The summed E-state index contributed by atoms with van der Waals surface area (Å²) in [6, 6.07) is 0. The van der Waals surface area contributed by atoms with Crippen LogP contribution >= 0.6 is 7.82 Å². The summed E-state index contributed by atoms with van der Waals surface area (Å²) >= 11 is 0. The van der Waals surface area contributed by atoms with Crippen molar-refractivity contribution in [1.29, 1.82) is 0 Å². The Bertz CT molecular complexity index is 943. The second kappa shape index (κ2) is 38.2. The van der Waals surface area contributed by atoms with Gasteiger partial charge in [0, 0.05) is 12.8 Å². The molecule has 0 radical (unpaired) electrons. The van der Waals surface area contributed by atoms with Crippen molar-refractivity contribution in [2.75, 3.05) is 40.9 Å². The molecule has 0 saturated heterocycles. The number of phosphoric acid groups is 1. The van der Waals surface area contributed by atoms with Crippen LogP contribution < -0.4 is 0 Å². The van der Waals surface area contributed by atoms with Gasteiger partial charge < -0.3 is 18.9 Å². The van der Waals surface area contributed by atoms with Crippen molar-refractivity contribution in [3.63, 3.8) is 0 Å². The van der Waals surface area contributed by atoms with E-state index in [0.29, 0.717) is 30.3 Å². The number of rotatable bonds is 43. The van der Waals surface area contributed by atoms with Gasteiger partial charge in [0.1, 0.15) is 19.3 Å². The van der Waals surface area contributed by atoms with Gasteiger partial charge in [0.15, 0.2) is 6.10 Å². The summed E-state index contributed by atoms with van der Waals surface area (Å²) in [5.41, 5.74) is 0. The summed E-state index contributed by atoms with van der Waals surface area (Å²) in [6.07, 6.45) is 37.1. The molecule has 0 heterocycles. The first-order valence-corrected chi connectivity index (χ1v) is 25.2.